The largest absolute Gasteiger partial charge is 0.478 e. The van der Waals surface area contributed by atoms with Crippen LogP contribution in [0.15, 0.2) is 24.3 Å². The molecule has 1 aromatic carbocycles. The van der Waals surface area contributed by atoms with Gasteiger partial charge >= 0.3 is 5.97 Å². The standard InChI is InChI=1S/C10H12ClNO2/c11-6-9(12)5-7-1-3-8(4-2-7)10(13)14/h1-4,9H,5-6,12H2,(H,13,14)/t9-/m0/s1. The maximum atomic E-state index is 10.5. The zero-order valence-electron chi connectivity index (χ0n) is 7.61. The quantitative estimate of drug-likeness (QED) is 0.745. The Labute approximate surface area is 87.5 Å². The van der Waals surface area contributed by atoms with Gasteiger partial charge in [0.15, 0.2) is 0 Å². The van der Waals surface area contributed by atoms with Gasteiger partial charge in [-0.05, 0) is 24.1 Å². The molecule has 76 valence electrons. The first-order chi connectivity index (χ1) is 6.63. The Hall–Kier alpha value is -1.06. The van der Waals surface area contributed by atoms with Crippen molar-refractivity contribution >= 4 is 17.6 Å². The second-order valence-corrected chi connectivity index (χ2v) is 3.43. The molecule has 3 nitrogen and oxygen atoms in total. The van der Waals surface area contributed by atoms with E-state index >= 15 is 0 Å². The van der Waals surface area contributed by atoms with Crippen LogP contribution in [0.4, 0.5) is 0 Å². The van der Waals surface area contributed by atoms with Gasteiger partial charge in [-0.1, -0.05) is 12.1 Å². The van der Waals surface area contributed by atoms with Crippen LogP contribution in [0, 0.1) is 0 Å². The molecule has 1 atom stereocenters. The van der Waals surface area contributed by atoms with Crippen molar-refractivity contribution in [2.75, 3.05) is 5.88 Å². The van der Waals surface area contributed by atoms with Crippen molar-refractivity contribution in [3.8, 4) is 0 Å². The van der Waals surface area contributed by atoms with E-state index in [4.69, 9.17) is 22.4 Å². The SMILES string of the molecule is N[C@H](CCl)Cc1ccc(C(=O)O)cc1. The molecule has 3 N–H and O–H groups in total. The minimum Gasteiger partial charge on any atom is -0.478 e. The number of hydrogen-bond donors (Lipinski definition) is 2. The molecule has 1 aromatic rings. The average Bonchev–Trinajstić information content (AvgIpc) is 2.18. The highest BCUT2D eigenvalue weighted by Crippen LogP contribution is 2.06. The third-order valence-electron chi connectivity index (χ3n) is 1.90. The Kier molecular flexibility index (Phi) is 3.92. The maximum absolute atomic E-state index is 10.5. The topological polar surface area (TPSA) is 63.3 Å². The van der Waals surface area contributed by atoms with E-state index < -0.39 is 5.97 Å². The summed E-state index contributed by atoms with van der Waals surface area (Å²) in [7, 11) is 0. The number of alkyl halides is 1. The molecule has 0 unspecified atom stereocenters. The number of rotatable bonds is 4. The first-order valence-corrected chi connectivity index (χ1v) is 4.80. The number of carboxylic acids is 1. The van der Waals surface area contributed by atoms with E-state index in [2.05, 4.69) is 0 Å². The fraction of sp³-hybridized carbons (Fsp3) is 0.300. The summed E-state index contributed by atoms with van der Waals surface area (Å²) in [6.07, 6.45) is 0.670. The van der Waals surface area contributed by atoms with Crippen molar-refractivity contribution in [2.24, 2.45) is 5.73 Å². The number of benzene rings is 1. The summed E-state index contributed by atoms with van der Waals surface area (Å²) < 4.78 is 0. The van der Waals surface area contributed by atoms with Crippen LogP contribution < -0.4 is 5.73 Å². The third-order valence-corrected chi connectivity index (χ3v) is 2.29. The molecule has 0 bridgehead atoms. The van der Waals surface area contributed by atoms with Crippen molar-refractivity contribution < 1.29 is 9.90 Å². The number of carbonyl (C=O) groups is 1. The van der Waals surface area contributed by atoms with Crippen molar-refractivity contribution in [1.29, 1.82) is 0 Å². The highest BCUT2D eigenvalue weighted by Gasteiger charge is 2.04. The minimum atomic E-state index is -0.918. The summed E-state index contributed by atoms with van der Waals surface area (Å²) in [5.74, 6) is -0.515. The Morgan fingerprint density at radius 3 is 2.43 bits per heavy atom. The van der Waals surface area contributed by atoms with E-state index in [0.717, 1.165) is 5.56 Å². The molecule has 0 aliphatic carbocycles. The monoisotopic (exact) mass is 213 g/mol. The van der Waals surface area contributed by atoms with Gasteiger partial charge < -0.3 is 10.8 Å². The van der Waals surface area contributed by atoms with Crippen LogP contribution >= 0.6 is 11.6 Å². The Morgan fingerprint density at radius 1 is 1.43 bits per heavy atom. The molecular weight excluding hydrogens is 202 g/mol. The Bertz CT molecular complexity index is 310. The lowest BCUT2D eigenvalue weighted by atomic mass is 10.1. The molecule has 0 heterocycles. The predicted molar refractivity (Wildman–Crippen MR) is 55.8 cm³/mol. The smallest absolute Gasteiger partial charge is 0.335 e. The summed E-state index contributed by atoms with van der Waals surface area (Å²) >= 11 is 5.56. The molecule has 0 radical (unpaired) electrons. The number of aromatic carboxylic acids is 1. The van der Waals surface area contributed by atoms with Crippen LogP contribution in [0.5, 0.6) is 0 Å². The molecular formula is C10H12ClNO2. The molecule has 0 amide bonds. The molecule has 0 aliphatic heterocycles. The molecule has 4 heteroatoms. The number of carboxylic acid groups (broad SMARTS) is 1. The van der Waals surface area contributed by atoms with Gasteiger partial charge in [0.05, 0.1) is 5.56 Å². The summed E-state index contributed by atoms with van der Waals surface area (Å²) in [4.78, 5) is 10.5. The fourth-order valence-electron chi connectivity index (χ4n) is 1.14. The van der Waals surface area contributed by atoms with Gasteiger partial charge in [-0.25, -0.2) is 4.79 Å². The molecule has 0 saturated carbocycles. The molecule has 0 fully saturated rings. The molecule has 14 heavy (non-hydrogen) atoms. The van der Waals surface area contributed by atoms with Gasteiger partial charge in [0, 0.05) is 11.9 Å². The van der Waals surface area contributed by atoms with Crippen LogP contribution in [-0.2, 0) is 6.42 Å². The second kappa shape index (κ2) is 4.98. The number of halogens is 1. The van der Waals surface area contributed by atoms with E-state index in [1.165, 1.54) is 0 Å². The van der Waals surface area contributed by atoms with Gasteiger partial charge in [0.1, 0.15) is 0 Å². The Balaban J connectivity index is 2.68. The first kappa shape index (κ1) is 11.0. The van der Waals surface area contributed by atoms with E-state index in [9.17, 15) is 4.79 Å². The van der Waals surface area contributed by atoms with Crippen molar-refractivity contribution in [2.45, 2.75) is 12.5 Å². The van der Waals surface area contributed by atoms with Crippen molar-refractivity contribution in [3.05, 3.63) is 35.4 Å². The van der Waals surface area contributed by atoms with Gasteiger partial charge in [0.2, 0.25) is 0 Å². The molecule has 0 aromatic heterocycles. The van der Waals surface area contributed by atoms with Crippen LogP contribution in [0.1, 0.15) is 15.9 Å². The van der Waals surface area contributed by atoms with E-state index in [1.807, 2.05) is 0 Å². The van der Waals surface area contributed by atoms with Crippen molar-refractivity contribution in [1.82, 2.24) is 0 Å². The molecule has 1 rings (SSSR count). The highest BCUT2D eigenvalue weighted by molar-refractivity contribution is 6.18. The summed E-state index contributed by atoms with van der Waals surface area (Å²) in [5.41, 5.74) is 6.94. The van der Waals surface area contributed by atoms with Crippen molar-refractivity contribution in [3.63, 3.8) is 0 Å². The van der Waals surface area contributed by atoms with E-state index in [-0.39, 0.29) is 11.6 Å². The first-order valence-electron chi connectivity index (χ1n) is 4.27. The minimum absolute atomic E-state index is 0.0765. The number of nitrogens with two attached hydrogens (primary N) is 1. The lowest BCUT2D eigenvalue weighted by Gasteiger charge is -2.07. The van der Waals surface area contributed by atoms with Crippen LogP contribution in [0.25, 0.3) is 0 Å². The summed E-state index contributed by atoms with van der Waals surface area (Å²) in [5, 5.41) is 8.66. The normalized spacial score (nSPS) is 12.4. The van der Waals surface area contributed by atoms with E-state index in [1.54, 1.807) is 24.3 Å². The number of hydrogen-bond acceptors (Lipinski definition) is 2. The molecule has 0 aliphatic rings. The third kappa shape index (κ3) is 3.01. The Morgan fingerprint density at radius 2 is 2.00 bits per heavy atom. The van der Waals surface area contributed by atoms with Gasteiger partial charge in [-0.2, -0.15) is 0 Å². The van der Waals surface area contributed by atoms with E-state index in [0.29, 0.717) is 12.3 Å². The zero-order valence-corrected chi connectivity index (χ0v) is 8.37. The van der Waals surface area contributed by atoms with Gasteiger partial charge in [-0.3, -0.25) is 0 Å². The van der Waals surface area contributed by atoms with Crippen LogP contribution in [0.2, 0.25) is 0 Å². The molecule has 0 spiro atoms. The second-order valence-electron chi connectivity index (χ2n) is 3.12. The fourth-order valence-corrected chi connectivity index (χ4v) is 1.25. The predicted octanol–water partition coefficient (Wildman–Crippen LogP) is 1.49. The summed E-state index contributed by atoms with van der Waals surface area (Å²) in [6.45, 7) is 0. The lowest BCUT2D eigenvalue weighted by Crippen LogP contribution is -2.24. The summed E-state index contributed by atoms with van der Waals surface area (Å²) in [6, 6.07) is 6.58. The zero-order chi connectivity index (χ0) is 10.6. The lowest BCUT2D eigenvalue weighted by molar-refractivity contribution is 0.0697. The maximum Gasteiger partial charge on any atom is 0.335 e. The van der Waals surface area contributed by atoms with Gasteiger partial charge in [0.25, 0.3) is 0 Å². The average molecular weight is 214 g/mol. The molecule has 0 saturated heterocycles. The van der Waals surface area contributed by atoms with Gasteiger partial charge in [-0.15, -0.1) is 11.6 Å². The van der Waals surface area contributed by atoms with Crippen LogP contribution in [-0.4, -0.2) is 23.0 Å². The highest BCUT2D eigenvalue weighted by atomic mass is 35.5. The van der Waals surface area contributed by atoms with Crippen LogP contribution in [0.3, 0.4) is 0 Å².